The SMILES string of the molecule is NC(c1ccccc1)c1csc(NC(=O)Nc2ccccc2-c2ccccc2)n1. The average Bonchev–Trinajstić information content (AvgIpc) is 3.23. The Bertz CT molecular complexity index is 1100. The molecule has 0 radical (unpaired) electrons. The van der Waals surface area contributed by atoms with Crippen LogP contribution in [0.2, 0.25) is 0 Å². The number of carbonyl (C=O) groups excluding carboxylic acids is 1. The molecule has 1 heterocycles. The molecule has 1 unspecified atom stereocenters. The molecule has 0 aliphatic heterocycles. The molecular weight excluding hydrogens is 380 g/mol. The standard InChI is InChI=1S/C23H20N4OS/c24-21(17-11-5-2-6-12-17)20-15-29-23(26-20)27-22(28)25-19-14-8-7-13-18(19)16-9-3-1-4-10-16/h1-15,21H,24H2,(H2,25,26,27,28). The van der Waals surface area contributed by atoms with Gasteiger partial charge in [0.1, 0.15) is 0 Å². The monoisotopic (exact) mass is 400 g/mol. The molecule has 0 saturated carbocycles. The van der Waals surface area contributed by atoms with Crippen molar-refractivity contribution in [2.24, 2.45) is 5.73 Å². The molecule has 0 fully saturated rings. The van der Waals surface area contributed by atoms with E-state index in [-0.39, 0.29) is 12.1 Å². The van der Waals surface area contributed by atoms with Gasteiger partial charge >= 0.3 is 6.03 Å². The van der Waals surface area contributed by atoms with Crippen molar-refractivity contribution in [3.8, 4) is 11.1 Å². The first-order chi connectivity index (χ1) is 14.2. The van der Waals surface area contributed by atoms with Crippen LogP contribution >= 0.6 is 11.3 Å². The molecule has 4 rings (SSSR count). The van der Waals surface area contributed by atoms with Crippen molar-refractivity contribution < 1.29 is 4.79 Å². The Hall–Kier alpha value is -3.48. The van der Waals surface area contributed by atoms with E-state index in [0.29, 0.717) is 5.13 Å². The van der Waals surface area contributed by atoms with Crippen LogP contribution in [0.15, 0.2) is 90.3 Å². The number of hydrogen-bond acceptors (Lipinski definition) is 4. The van der Waals surface area contributed by atoms with Crippen LogP contribution in [0.3, 0.4) is 0 Å². The van der Waals surface area contributed by atoms with Crippen LogP contribution < -0.4 is 16.4 Å². The van der Waals surface area contributed by atoms with Crippen LogP contribution in [0, 0.1) is 0 Å². The molecule has 1 aromatic heterocycles. The van der Waals surface area contributed by atoms with Crippen molar-refractivity contribution in [2.45, 2.75) is 6.04 Å². The van der Waals surface area contributed by atoms with E-state index >= 15 is 0 Å². The number of urea groups is 1. The number of nitrogens with one attached hydrogen (secondary N) is 2. The summed E-state index contributed by atoms with van der Waals surface area (Å²) in [6, 6.07) is 26.7. The van der Waals surface area contributed by atoms with Crippen LogP contribution in [0.25, 0.3) is 11.1 Å². The minimum absolute atomic E-state index is 0.329. The number of para-hydroxylation sites is 1. The lowest BCUT2D eigenvalue weighted by Crippen LogP contribution is -2.20. The molecule has 0 bridgehead atoms. The number of aromatic nitrogens is 1. The number of hydrogen-bond donors (Lipinski definition) is 3. The van der Waals surface area contributed by atoms with Crippen molar-refractivity contribution in [1.29, 1.82) is 0 Å². The first-order valence-electron chi connectivity index (χ1n) is 9.19. The fourth-order valence-corrected chi connectivity index (χ4v) is 3.77. The number of nitrogens with two attached hydrogens (primary N) is 1. The lowest BCUT2D eigenvalue weighted by Gasteiger charge is -2.11. The molecule has 0 aliphatic carbocycles. The second-order valence-electron chi connectivity index (χ2n) is 6.46. The van der Waals surface area contributed by atoms with Crippen LogP contribution in [-0.4, -0.2) is 11.0 Å². The van der Waals surface area contributed by atoms with Gasteiger partial charge in [-0.05, 0) is 17.2 Å². The Morgan fingerprint density at radius 1 is 0.862 bits per heavy atom. The summed E-state index contributed by atoms with van der Waals surface area (Å²) >= 11 is 1.35. The van der Waals surface area contributed by atoms with Gasteiger partial charge < -0.3 is 11.1 Å². The summed E-state index contributed by atoms with van der Waals surface area (Å²) in [7, 11) is 0. The average molecular weight is 401 g/mol. The summed E-state index contributed by atoms with van der Waals surface area (Å²) in [5.41, 5.74) is 10.7. The summed E-state index contributed by atoms with van der Waals surface area (Å²) in [5.74, 6) is 0. The molecule has 2 amide bonds. The van der Waals surface area contributed by atoms with Gasteiger partial charge in [0.05, 0.1) is 17.4 Å². The summed E-state index contributed by atoms with van der Waals surface area (Å²) in [6.07, 6.45) is 0. The maximum atomic E-state index is 12.5. The summed E-state index contributed by atoms with van der Waals surface area (Å²) in [6.45, 7) is 0. The Morgan fingerprint density at radius 2 is 1.52 bits per heavy atom. The Morgan fingerprint density at radius 3 is 2.28 bits per heavy atom. The number of rotatable bonds is 5. The molecule has 0 spiro atoms. The quantitative estimate of drug-likeness (QED) is 0.414. The van der Waals surface area contributed by atoms with Crippen molar-refractivity contribution in [3.63, 3.8) is 0 Å². The fraction of sp³-hybridized carbons (Fsp3) is 0.0435. The molecule has 1 atom stereocenters. The largest absolute Gasteiger partial charge is 0.325 e. The maximum Gasteiger partial charge on any atom is 0.325 e. The third-order valence-electron chi connectivity index (χ3n) is 4.48. The van der Waals surface area contributed by atoms with Crippen LogP contribution in [0.4, 0.5) is 15.6 Å². The molecule has 29 heavy (non-hydrogen) atoms. The van der Waals surface area contributed by atoms with Gasteiger partial charge in [-0.15, -0.1) is 11.3 Å². The molecule has 5 nitrogen and oxygen atoms in total. The zero-order valence-corrected chi connectivity index (χ0v) is 16.4. The zero-order chi connectivity index (χ0) is 20.1. The second-order valence-corrected chi connectivity index (χ2v) is 7.31. The third-order valence-corrected chi connectivity index (χ3v) is 5.26. The predicted molar refractivity (Wildman–Crippen MR) is 119 cm³/mol. The van der Waals surface area contributed by atoms with E-state index in [0.717, 1.165) is 28.1 Å². The molecule has 0 saturated heterocycles. The van der Waals surface area contributed by atoms with Crippen LogP contribution in [0.5, 0.6) is 0 Å². The number of benzene rings is 3. The van der Waals surface area contributed by atoms with E-state index in [2.05, 4.69) is 15.6 Å². The Labute approximate surface area is 173 Å². The highest BCUT2D eigenvalue weighted by Crippen LogP contribution is 2.28. The lowest BCUT2D eigenvalue weighted by molar-refractivity contribution is 0.262. The molecule has 4 N–H and O–H groups in total. The first-order valence-corrected chi connectivity index (χ1v) is 10.1. The van der Waals surface area contributed by atoms with Crippen molar-refractivity contribution in [3.05, 3.63) is 102 Å². The van der Waals surface area contributed by atoms with Gasteiger partial charge in [0.25, 0.3) is 0 Å². The number of anilines is 2. The molecule has 3 aromatic carbocycles. The van der Waals surface area contributed by atoms with Gasteiger partial charge in [0, 0.05) is 10.9 Å². The Kier molecular flexibility index (Phi) is 5.65. The van der Waals surface area contributed by atoms with Crippen LogP contribution in [-0.2, 0) is 0 Å². The van der Waals surface area contributed by atoms with Gasteiger partial charge in [0.15, 0.2) is 5.13 Å². The molecule has 144 valence electrons. The highest BCUT2D eigenvalue weighted by Gasteiger charge is 2.14. The number of amides is 2. The van der Waals surface area contributed by atoms with E-state index in [9.17, 15) is 4.79 Å². The van der Waals surface area contributed by atoms with E-state index in [1.165, 1.54) is 11.3 Å². The number of nitrogens with zero attached hydrogens (tertiary/aromatic N) is 1. The number of carbonyl (C=O) groups is 1. The van der Waals surface area contributed by atoms with Crippen LogP contribution in [0.1, 0.15) is 17.3 Å². The number of thiazole rings is 1. The lowest BCUT2D eigenvalue weighted by atomic mass is 10.0. The van der Waals surface area contributed by atoms with Gasteiger partial charge in [-0.3, -0.25) is 5.32 Å². The van der Waals surface area contributed by atoms with E-state index in [1.807, 2.05) is 90.3 Å². The summed E-state index contributed by atoms with van der Waals surface area (Å²) in [4.78, 5) is 17.0. The molecule has 6 heteroatoms. The van der Waals surface area contributed by atoms with E-state index < -0.39 is 0 Å². The van der Waals surface area contributed by atoms with E-state index in [4.69, 9.17) is 5.73 Å². The highest BCUT2D eigenvalue weighted by molar-refractivity contribution is 7.14. The molecule has 4 aromatic rings. The van der Waals surface area contributed by atoms with Crippen molar-refractivity contribution in [1.82, 2.24) is 4.98 Å². The van der Waals surface area contributed by atoms with Gasteiger partial charge in [0.2, 0.25) is 0 Å². The smallest absolute Gasteiger partial charge is 0.319 e. The van der Waals surface area contributed by atoms with Gasteiger partial charge in [-0.1, -0.05) is 78.9 Å². The molecular formula is C23H20N4OS. The van der Waals surface area contributed by atoms with Crippen molar-refractivity contribution >= 4 is 28.2 Å². The molecule has 0 aliphatic rings. The fourth-order valence-electron chi connectivity index (χ4n) is 3.03. The first kappa shape index (κ1) is 18.9. The normalized spacial score (nSPS) is 11.6. The predicted octanol–water partition coefficient (Wildman–Crippen LogP) is 5.50. The topological polar surface area (TPSA) is 80.0 Å². The highest BCUT2D eigenvalue weighted by atomic mass is 32.1. The zero-order valence-electron chi connectivity index (χ0n) is 15.6. The minimum atomic E-state index is -0.345. The second kappa shape index (κ2) is 8.68. The van der Waals surface area contributed by atoms with Gasteiger partial charge in [-0.25, -0.2) is 9.78 Å². The van der Waals surface area contributed by atoms with E-state index in [1.54, 1.807) is 0 Å². The Balaban J connectivity index is 1.46. The summed E-state index contributed by atoms with van der Waals surface area (Å²) < 4.78 is 0. The minimum Gasteiger partial charge on any atom is -0.319 e. The van der Waals surface area contributed by atoms with Gasteiger partial charge in [-0.2, -0.15) is 0 Å². The maximum absolute atomic E-state index is 12.5. The summed E-state index contributed by atoms with van der Waals surface area (Å²) in [5, 5.41) is 8.08. The van der Waals surface area contributed by atoms with Crippen molar-refractivity contribution in [2.75, 3.05) is 10.6 Å². The third kappa shape index (κ3) is 4.51.